The zero-order valence-electron chi connectivity index (χ0n) is 14.5. The van der Waals surface area contributed by atoms with Crippen LogP contribution in [-0.4, -0.2) is 15.0 Å². The Morgan fingerprint density at radius 1 is 0.630 bits per heavy atom. The van der Waals surface area contributed by atoms with Crippen molar-refractivity contribution in [2.24, 2.45) is 0 Å². The Hall–Kier alpha value is -3.79. The largest absolute Gasteiger partial charge is 0.278 e. The minimum absolute atomic E-state index is 0.615. The first-order valence-electron chi connectivity index (χ1n) is 8.79. The van der Waals surface area contributed by atoms with Crippen molar-refractivity contribution in [2.45, 2.75) is 0 Å². The van der Waals surface area contributed by atoms with Crippen molar-refractivity contribution in [2.75, 3.05) is 4.90 Å². The van der Waals surface area contributed by atoms with Crippen LogP contribution in [0.15, 0.2) is 91.5 Å². The second-order valence-electron chi connectivity index (χ2n) is 6.28. The fraction of sp³-hybridized carbons (Fsp3) is 0. The van der Waals surface area contributed by atoms with Gasteiger partial charge in [-0.05, 0) is 29.3 Å². The molecule has 0 saturated heterocycles. The van der Waals surface area contributed by atoms with Crippen LogP contribution in [0.2, 0.25) is 0 Å². The molecule has 1 aliphatic rings. The first-order valence-corrected chi connectivity index (χ1v) is 8.79. The van der Waals surface area contributed by atoms with Crippen molar-refractivity contribution in [3.63, 3.8) is 0 Å². The van der Waals surface area contributed by atoms with Gasteiger partial charge in [-0.15, -0.1) is 0 Å². The van der Waals surface area contributed by atoms with Crippen LogP contribution in [0.3, 0.4) is 0 Å². The molecule has 0 unspecified atom stereocenters. The maximum Gasteiger partial charge on any atom is 0.237 e. The lowest BCUT2D eigenvalue weighted by Gasteiger charge is -2.33. The zero-order valence-corrected chi connectivity index (χ0v) is 14.5. The van der Waals surface area contributed by atoms with Crippen molar-refractivity contribution in [1.29, 1.82) is 0 Å². The second-order valence-corrected chi connectivity index (χ2v) is 6.28. The maximum atomic E-state index is 4.39. The average Bonchev–Trinajstić information content (AvgIpc) is 2.75. The molecule has 3 aromatic carbocycles. The molecule has 0 radical (unpaired) electrons. The SMILES string of the molecule is C(=C1c2ccccc2N(c2ncncn2)c2ccccc21)c1ccccc1. The number of nitrogens with zero attached hydrogens (tertiary/aromatic N) is 4. The predicted octanol–water partition coefficient (Wildman–Crippen LogP) is 5.24. The second kappa shape index (κ2) is 6.50. The van der Waals surface area contributed by atoms with Gasteiger partial charge in [-0.3, -0.25) is 4.90 Å². The Bertz CT molecular complexity index is 1070. The zero-order chi connectivity index (χ0) is 18.1. The van der Waals surface area contributed by atoms with E-state index in [9.17, 15) is 0 Å². The van der Waals surface area contributed by atoms with Crippen molar-refractivity contribution in [3.8, 4) is 0 Å². The number of rotatable bonds is 2. The van der Waals surface area contributed by atoms with Gasteiger partial charge in [-0.25, -0.2) is 15.0 Å². The Balaban J connectivity index is 1.79. The van der Waals surface area contributed by atoms with Gasteiger partial charge in [-0.1, -0.05) is 66.7 Å². The number of hydrogen-bond donors (Lipinski definition) is 0. The van der Waals surface area contributed by atoms with E-state index in [2.05, 4.69) is 86.6 Å². The van der Waals surface area contributed by atoms with E-state index in [1.807, 2.05) is 18.2 Å². The lowest BCUT2D eigenvalue weighted by atomic mass is 9.89. The van der Waals surface area contributed by atoms with Gasteiger partial charge < -0.3 is 0 Å². The Labute approximate surface area is 157 Å². The number of para-hydroxylation sites is 2. The molecule has 1 aliphatic heterocycles. The molecule has 0 N–H and O–H groups in total. The van der Waals surface area contributed by atoms with E-state index >= 15 is 0 Å². The summed E-state index contributed by atoms with van der Waals surface area (Å²) in [6, 6.07) is 27.1. The molecule has 0 spiro atoms. The molecule has 1 aromatic heterocycles. The quantitative estimate of drug-likeness (QED) is 0.437. The molecule has 2 heterocycles. The van der Waals surface area contributed by atoms with Gasteiger partial charge in [0.15, 0.2) is 0 Å². The smallest absolute Gasteiger partial charge is 0.237 e. The third-order valence-corrected chi connectivity index (χ3v) is 4.66. The van der Waals surface area contributed by atoms with Gasteiger partial charge in [0, 0.05) is 11.1 Å². The van der Waals surface area contributed by atoms with Crippen LogP contribution in [0.1, 0.15) is 16.7 Å². The molecule has 0 fully saturated rings. The summed E-state index contributed by atoms with van der Waals surface area (Å²) in [4.78, 5) is 14.8. The molecule has 27 heavy (non-hydrogen) atoms. The molecule has 0 bridgehead atoms. The predicted molar refractivity (Wildman–Crippen MR) is 108 cm³/mol. The van der Waals surface area contributed by atoms with E-state index in [4.69, 9.17) is 0 Å². The van der Waals surface area contributed by atoms with E-state index in [0.717, 1.165) is 22.5 Å². The molecule has 4 nitrogen and oxygen atoms in total. The summed E-state index contributed by atoms with van der Waals surface area (Å²) in [5, 5.41) is 0. The fourth-order valence-electron chi connectivity index (χ4n) is 3.50. The molecule has 4 heteroatoms. The molecule has 5 rings (SSSR count). The molecular weight excluding hydrogens is 332 g/mol. The molecule has 0 atom stereocenters. The van der Waals surface area contributed by atoms with Crippen molar-refractivity contribution in [3.05, 3.63) is 108 Å². The highest BCUT2D eigenvalue weighted by molar-refractivity contribution is 6.05. The monoisotopic (exact) mass is 348 g/mol. The van der Waals surface area contributed by atoms with Gasteiger partial charge in [0.2, 0.25) is 5.95 Å². The highest BCUT2D eigenvalue weighted by Crippen LogP contribution is 2.47. The minimum atomic E-state index is 0.615. The van der Waals surface area contributed by atoms with Crippen LogP contribution in [-0.2, 0) is 0 Å². The molecular formula is C23H16N4. The van der Waals surface area contributed by atoms with Gasteiger partial charge >= 0.3 is 0 Å². The van der Waals surface area contributed by atoms with Gasteiger partial charge in [0.05, 0.1) is 11.4 Å². The summed E-state index contributed by atoms with van der Waals surface area (Å²) in [6.45, 7) is 0. The Morgan fingerprint density at radius 2 is 1.19 bits per heavy atom. The van der Waals surface area contributed by atoms with Crippen LogP contribution < -0.4 is 4.90 Å². The topological polar surface area (TPSA) is 41.9 Å². The number of fused-ring (bicyclic) bond motifs is 2. The van der Waals surface area contributed by atoms with Crippen LogP contribution in [0.25, 0.3) is 11.6 Å². The third-order valence-electron chi connectivity index (χ3n) is 4.66. The summed E-state index contributed by atoms with van der Waals surface area (Å²) in [7, 11) is 0. The van der Waals surface area contributed by atoms with Crippen molar-refractivity contribution in [1.82, 2.24) is 15.0 Å². The number of hydrogen-bond acceptors (Lipinski definition) is 4. The van der Waals surface area contributed by atoms with Gasteiger partial charge in [0.25, 0.3) is 0 Å². The maximum absolute atomic E-state index is 4.39. The minimum Gasteiger partial charge on any atom is -0.278 e. The fourth-order valence-corrected chi connectivity index (χ4v) is 3.50. The summed E-state index contributed by atoms with van der Waals surface area (Å²) in [5.74, 6) is 0.615. The normalized spacial score (nSPS) is 12.3. The summed E-state index contributed by atoms with van der Waals surface area (Å²) in [5.41, 5.74) is 6.79. The van der Waals surface area contributed by atoms with E-state index in [1.54, 1.807) is 0 Å². The van der Waals surface area contributed by atoms with E-state index in [0.29, 0.717) is 5.95 Å². The van der Waals surface area contributed by atoms with Crippen LogP contribution in [0.5, 0.6) is 0 Å². The summed E-state index contributed by atoms with van der Waals surface area (Å²) < 4.78 is 0. The van der Waals surface area contributed by atoms with Crippen LogP contribution in [0, 0.1) is 0 Å². The summed E-state index contributed by atoms with van der Waals surface area (Å²) >= 11 is 0. The Kier molecular flexibility index (Phi) is 3.72. The lowest BCUT2D eigenvalue weighted by Crippen LogP contribution is -2.20. The average molecular weight is 348 g/mol. The van der Waals surface area contributed by atoms with Crippen molar-refractivity contribution >= 4 is 29.0 Å². The molecule has 0 amide bonds. The standard InChI is InChI=1S/C23H16N4/c1-2-8-17(9-3-1)14-20-18-10-4-6-12-21(18)27(23-25-15-24-16-26-23)22-13-7-5-11-19(20)22/h1-16H. The molecule has 0 saturated carbocycles. The number of anilines is 3. The van der Waals surface area contributed by atoms with Crippen LogP contribution >= 0.6 is 0 Å². The first-order chi connectivity index (χ1) is 13.4. The molecule has 0 aliphatic carbocycles. The number of aromatic nitrogens is 3. The highest BCUT2D eigenvalue weighted by atomic mass is 15.3. The molecule has 4 aromatic rings. The van der Waals surface area contributed by atoms with Gasteiger partial charge in [0.1, 0.15) is 12.7 Å². The van der Waals surface area contributed by atoms with Crippen molar-refractivity contribution < 1.29 is 0 Å². The third kappa shape index (κ3) is 2.68. The number of benzene rings is 3. The highest BCUT2D eigenvalue weighted by Gasteiger charge is 2.28. The molecule has 128 valence electrons. The van der Waals surface area contributed by atoms with Crippen LogP contribution in [0.4, 0.5) is 17.3 Å². The first kappa shape index (κ1) is 15.5. The lowest BCUT2D eigenvalue weighted by molar-refractivity contribution is 1.00. The van der Waals surface area contributed by atoms with E-state index in [-0.39, 0.29) is 0 Å². The summed E-state index contributed by atoms with van der Waals surface area (Å²) in [6.07, 6.45) is 5.30. The van der Waals surface area contributed by atoms with Gasteiger partial charge in [-0.2, -0.15) is 0 Å². The van der Waals surface area contributed by atoms with E-state index in [1.165, 1.54) is 23.8 Å². The Morgan fingerprint density at radius 3 is 1.81 bits per heavy atom. The van der Waals surface area contributed by atoms with E-state index < -0.39 is 0 Å².